The number of alkyl halides is 3. The predicted octanol–water partition coefficient (Wildman–Crippen LogP) is 7.10. The van der Waals surface area contributed by atoms with Crippen LogP contribution in [0.5, 0.6) is 0 Å². The van der Waals surface area contributed by atoms with Gasteiger partial charge in [0.25, 0.3) is 0 Å². The molecule has 0 aliphatic carbocycles. The van der Waals surface area contributed by atoms with Crippen molar-refractivity contribution in [2.75, 3.05) is 56.0 Å². The Balaban J connectivity index is 0.00000400. The molecule has 0 spiro atoms. The summed E-state index contributed by atoms with van der Waals surface area (Å²) in [5.74, 6) is 0.0683. The van der Waals surface area contributed by atoms with Crippen LogP contribution in [0.2, 0.25) is 10.0 Å². The zero-order valence-electron chi connectivity index (χ0n) is 20.6. The van der Waals surface area contributed by atoms with E-state index in [2.05, 4.69) is 15.1 Å². The number of carbonyl (C=O) groups excluding carboxylic acids is 1. The maximum Gasteiger partial charge on any atom is 0.446 e. The van der Waals surface area contributed by atoms with Gasteiger partial charge in [0, 0.05) is 79.1 Å². The van der Waals surface area contributed by atoms with Crippen LogP contribution in [0.15, 0.2) is 47.4 Å². The van der Waals surface area contributed by atoms with E-state index >= 15 is 0 Å². The minimum atomic E-state index is -4.39. The Labute approximate surface area is 237 Å². The molecule has 2 aliphatic rings. The lowest BCUT2D eigenvalue weighted by Crippen LogP contribution is -2.50. The van der Waals surface area contributed by atoms with Crippen LogP contribution in [-0.2, 0) is 4.79 Å². The molecule has 5 nitrogen and oxygen atoms in total. The summed E-state index contributed by atoms with van der Waals surface area (Å²) in [5, 5.41) is 4.12. The normalized spacial score (nSPS) is 18.2. The zero-order valence-corrected chi connectivity index (χ0v) is 22.9. The molecule has 1 N–H and O–H groups in total. The number of hydrogen-bond donors (Lipinski definition) is 1. The third-order valence-corrected chi connectivity index (χ3v) is 8.33. The highest BCUT2D eigenvalue weighted by molar-refractivity contribution is 8.00. The maximum absolute atomic E-state index is 13.1. The molecule has 2 saturated heterocycles. The summed E-state index contributed by atoms with van der Waals surface area (Å²) < 4.78 is 38.3. The molecule has 2 aromatic rings. The largest absolute Gasteiger partial charge is 0.446 e. The van der Waals surface area contributed by atoms with Crippen molar-refractivity contribution in [2.24, 2.45) is 5.92 Å². The highest BCUT2D eigenvalue weighted by Gasteiger charge is 2.31. The highest BCUT2D eigenvalue weighted by atomic mass is 35.5. The van der Waals surface area contributed by atoms with Gasteiger partial charge in [-0.25, -0.2) is 0 Å². The molecule has 4 rings (SSSR count). The number of amides is 1. The van der Waals surface area contributed by atoms with Gasteiger partial charge in [0.1, 0.15) is 0 Å². The minimum Gasteiger partial charge on any atom is -0.382 e. The summed E-state index contributed by atoms with van der Waals surface area (Å²) in [6.45, 7) is 7.61. The summed E-state index contributed by atoms with van der Waals surface area (Å²) in [6.07, 6.45) is 1.48. The molecule has 0 radical (unpaired) electrons. The molecule has 2 heterocycles. The lowest BCUT2D eigenvalue weighted by atomic mass is 10.0. The number of anilines is 2. The van der Waals surface area contributed by atoms with Crippen molar-refractivity contribution in [1.82, 2.24) is 9.80 Å². The molecule has 0 aromatic heterocycles. The van der Waals surface area contributed by atoms with Gasteiger partial charge in [0.05, 0.1) is 5.02 Å². The van der Waals surface area contributed by atoms with Crippen LogP contribution in [0.1, 0.15) is 27.2 Å². The Hall–Kier alpha value is -1.81. The van der Waals surface area contributed by atoms with E-state index in [1.165, 1.54) is 17.8 Å². The van der Waals surface area contributed by atoms with E-state index in [0.717, 1.165) is 50.6 Å². The van der Waals surface area contributed by atoms with Gasteiger partial charge < -0.3 is 15.1 Å². The number of nitrogens with zero attached hydrogens (tertiary/aromatic N) is 3. The summed E-state index contributed by atoms with van der Waals surface area (Å²) in [6, 6.07) is 12.6. The van der Waals surface area contributed by atoms with Crippen LogP contribution in [-0.4, -0.2) is 73.1 Å². The van der Waals surface area contributed by atoms with Gasteiger partial charge in [-0.2, -0.15) is 13.2 Å². The number of benzene rings is 2. The Morgan fingerprint density at radius 3 is 2.26 bits per heavy atom. The molecule has 0 bridgehead atoms. The summed E-state index contributed by atoms with van der Waals surface area (Å²) in [7, 11) is 0. The average molecular weight is 592 g/mol. The number of hydrogen-bond acceptors (Lipinski definition) is 5. The second kappa shape index (κ2) is 13.5. The fourth-order valence-corrected chi connectivity index (χ4v) is 5.85. The first kappa shape index (κ1) is 30.7. The van der Waals surface area contributed by atoms with E-state index in [1.54, 1.807) is 6.07 Å². The average Bonchev–Trinajstić information content (AvgIpc) is 2.86. The number of carbonyl (C=O) groups is 1. The second-order valence-electron chi connectivity index (χ2n) is 9.60. The minimum absolute atomic E-state index is 0. The van der Waals surface area contributed by atoms with Crippen molar-refractivity contribution in [1.29, 1.82) is 0 Å². The molecule has 38 heavy (non-hydrogen) atoms. The van der Waals surface area contributed by atoms with Gasteiger partial charge in [-0.1, -0.05) is 37.6 Å². The number of piperidine rings is 1. The Morgan fingerprint density at radius 2 is 1.66 bits per heavy atom. The van der Waals surface area contributed by atoms with Crippen LogP contribution in [0.25, 0.3) is 0 Å². The number of thioether (sulfide) groups is 1. The first-order chi connectivity index (χ1) is 17.6. The molecular formula is C27H35Cl2F3N4OS. The zero-order chi connectivity index (χ0) is 26.6. The molecule has 2 fully saturated rings. The highest BCUT2D eigenvalue weighted by Crippen LogP contribution is 2.41. The first-order valence-corrected chi connectivity index (χ1v) is 14.0. The Kier molecular flexibility index (Phi) is 10.9. The Morgan fingerprint density at radius 1 is 1.03 bits per heavy atom. The monoisotopic (exact) mass is 590 g/mol. The number of halogens is 5. The van der Waals surface area contributed by atoms with Crippen LogP contribution in [0, 0.1) is 5.92 Å². The number of likely N-dealkylation sites (tertiary alicyclic amines) is 1. The van der Waals surface area contributed by atoms with E-state index in [4.69, 9.17) is 23.2 Å². The molecule has 0 saturated carbocycles. The smallest absolute Gasteiger partial charge is 0.382 e. The lowest BCUT2D eigenvalue weighted by molar-refractivity contribution is -0.136. The third-order valence-electron chi connectivity index (χ3n) is 6.85. The molecule has 1 atom stereocenters. The number of nitrogens with one attached hydrogen (secondary N) is 1. The van der Waals surface area contributed by atoms with Gasteiger partial charge >= 0.3 is 5.51 Å². The quantitative estimate of drug-likeness (QED) is 0.348. The second-order valence-corrected chi connectivity index (χ2v) is 11.6. The Bertz CT molecular complexity index is 1060. The van der Waals surface area contributed by atoms with E-state index in [0.29, 0.717) is 18.8 Å². The van der Waals surface area contributed by atoms with Crippen molar-refractivity contribution < 1.29 is 18.0 Å². The van der Waals surface area contributed by atoms with Gasteiger partial charge in [-0.3, -0.25) is 9.69 Å². The molecular weight excluding hydrogens is 556 g/mol. The summed E-state index contributed by atoms with van der Waals surface area (Å²) in [4.78, 5) is 19.7. The van der Waals surface area contributed by atoms with Crippen molar-refractivity contribution >= 4 is 52.2 Å². The van der Waals surface area contributed by atoms with Crippen molar-refractivity contribution in [3.63, 3.8) is 0 Å². The van der Waals surface area contributed by atoms with Crippen LogP contribution >= 0.6 is 35.0 Å². The molecule has 210 valence electrons. The topological polar surface area (TPSA) is 38.8 Å². The van der Waals surface area contributed by atoms with Crippen LogP contribution < -0.4 is 10.2 Å². The standard InChI is InChI=1S/C26H31Cl2F3N4OS.CH4/c1-18(17-33-12-14-34(15-13-33)22-5-2-19(27)3-6-22)25(36)35-10-8-20(9-11-35)32-21-4-7-23(28)24(16-21)37-26(29,30)31;/h2-7,16,18,20,32H,8-15,17H2,1H3;1H4. The molecule has 11 heteroatoms. The van der Waals surface area contributed by atoms with Gasteiger partial charge in [-0.15, -0.1) is 0 Å². The fraction of sp³-hybridized carbons (Fsp3) is 0.519. The molecule has 2 aromatic carbocycles. The molecule has 1 amide bonds. The maximum atomic E-state index is 13.1. The molecule has 2 aliphatic heterocycles. The fourth-order valence-electron chi connectivity index (χ4n) is 4.89. The van der Waals surface area contributed by atoms with E-state index < -0.39 is 5.51 Å². The predicted molar refractivity (Wildman–Crippen MR) is 153 cm³/mol. The lowest BCUT2D eigenvalue weighted by Gasteiger charge is -2.38. The van der Waals surface area contributed by atoms with Crippen LogP contribution in [0.4, 0.5) is 24.5 Å². The third kappa shape index (κ3) is 8.60. The summed E-state index contributed by atoms with van der Waals surface area (Å²) in [5.41, 5.74) is -2.62. The van der Waals surface area contributed by atoms with E-state index in [1.807, 2.05) is 36.1 Å². The number of rotatable bonds is 7. The van der Waals surface area contributed by atoms with Gasteiger partial charge in [0.15, 0.2) is 0 Å². The van der Waals surface area contributed by atoms with Gasteiger partial charge in [-0.05, 0) is 67.1 Å². The van der Waals surface area contributed by atoms with E-state index in [9.17, 15) is 18.0 Å². The van der Waals surface area contributed by atoms with Gasteiger partial charge in [0.2, 0.25) is 5.91 Å². The first-order valence-electron chi connectivity index (χ1n) is 12.4. The van der Waals surface area contributed by atoms with Crippen molar-refractivity contribution in [3.05, 3.63) is 52.5 Å². The number of piperazine rings is 1. The van der Waals surface area contributed by atoms with Crippen molar-refractivity contribution in [2.45, 2.75) is 43.6 Å². The summed E-state index contributed by atoms with van der Waals surface area (Å²) >= 11 is 11.7. The van der Waals surface area contributed by atoms with Crippen LogP contribution in [0.3, 0.4) is 0 Å². The molecule has 1 unspecified atom stereocenters. The van der Waals surface area contributed by atoms with Crippen molar-refractivity contribution in [3.8, 4) is 0 Å². The van der Waals surface area contributed by atoms with E-state index in [-0.39, 0.29) is 47.0 Å². The SMILES string of the molecule is C.CC(CN1CCN(c2ccc(Cl)cc2)CC1)C(=O)N1CCC(Nc2ccc(Cl)c(SC(F)(F)F)c2)CC1.